The average molecular weight is 264 g/mol. The molecule has 1 amide bonds. The van der Waals surface area contributed by atoms with Crippen LogP contribution in [0.5, 0.6) is 0 Å². The normalized spacial score (nSPS) is 25.6. The van der Waals surface area contributed by atoms with Crippen molar-refractivity contribution in [2.45, 2.75) is 37.8 Å². The predicted molar refractivity (Wildman–Crippen MR) is 70.8 cm³/mol. The first-order chi connectivity index (χ1) is 9.34. The van der Waals surface area contributed by atoms with Gasteiger partial charge in [-0.3, -0.25) is 9.69 Å². The molecule has 1 atom stereocenters. The molecule has 0 aromatic carbocycles. The SMILES string of the molecule is O=C(Nc1ccon1)C1CCCN1C1CCNCC1. The summed E-state index contributed by atoms with van der Waals surface area (Å²) >= 11 is 0. The highest BCUT2D eigenvalue weighted by Gasteiger charge is 2.35. The fourth-order valence-corrected chi connectivity index (χ4v) is 3.13. The van der Waals surface area contributed by atoms with Crippen LogP contribution in [0, 0.1) is 0 Å². The number of rotatable bonds is 3. The number of likely N-dealkylation sites (tertiary alicyclic amines) is 1. The Morgan fingerprint density at radius 2 is 2.26 bits per heavy atom. The summed E-state index contributed by atoms with van der Waals surface area (Å²) in [4.78, 5) is 14.7. The second-order valence-electron chi connectivity index (χ2n) is 5.25. The first-order valence-corrected chi connectivity index (χ1v) is 7.02. The largest absolute Gasteiger partial charge is 0.363 e. The number of anilines is 1. The Hall–Kier alpha value is -1.40. The summed E-state index contributed by atoms with van der Waals surface area (Å²) in [5, 5.41) is 9.93. The molecule has 6 nitrogen and oxygen atoms in total. The average Bonchev–Trinajstić information content (AvgIpc) is 3.10. The number of piperidine rings is 1. The third-order valence-corrected chi connectivity index (χ3v) is 4.06. The second-order valence-corrected chi connectivity index (χ2v) is 5.25. The summed E-state index contributed by atoms with van der Waals surface area (Å²) in [6.45, 7) is 3.14. The van der Waals surface area contributed by atoms with Crippen LogP contribution < -0.4 is 10.6 Å². The minimum Gasteiger partial charge on any atom is -0.363 e. The highest BCUT2D eigenvalue weighted by atomic mass is 16.5. The molecule has 2 fully saturated rings. The van der Waals surface area contributed by atoms with Crippen molar-refractivity contribution >= 4 is 11.7 Å². The van der Waals surface area contributed by atoms with E-state index >= 15 is 0 Å². The van der Waals surface area contributed by atoms with Gasteiger partial charge < -0.3 is 15.2 Å². The number of carbonyl (C=O) groups excluding carboxylic acids is 1. The Balaban J connectivity index is 1.63. The van der Waals surface area contributed by atoms with Crippen molar-refractivity contribution in [2.75, 3.05) is 25.0 Å². The van der Waals surface area contributed by atoms with E-state index in [2.05, 4.69) is 20.7 Å². The maximum Gasteiger partial charge on any atom is 0.242 e. The lowest BCUT2D eigenvalue weighted by Gasteiger charge is -2.35. The van der Waals surface area contributed by atoms with E-state index in [-0.39, 0.29) is 11.9 Å². The van der Waals surface area contributed by atoms with Crippen LogP contribution in [-0.4, -0.2) is 47.7 Å². The summed E-state index contributed by atoms with van der Waals surface area (Å²) < 4.78 is 4.73. The molecule has 2 aliphatic heterocycles. The molecule has 104 valence electrons. The van der Waals surface area contributed by atoms with E-state index in [1.165, 1.54) is 6.26 Å². The predicted octanol–water partition coefficient (Wildman–Crippen LogP) is 0.829. The Labute approximate surface area is 112 Å². The molecule has 2 saturated heterocycles. The number of hydrogen-bond acceptors (Lipinski definition) is 5. The molecule has 3 rings (SSSR count). The zero-order valence-corrected chi connectivity index (χ0v) is 11.0. The van der Waals surface area contributed by atoms with Crippen LogP contribution in [0.3, 0.4) is 0 Å². The van der Waals surface area contributed by atoms with Crippen molar-refractivity contribution in [3.63, 3.8) is 0 Å². The van der Waals surface area contributed by atoms with Gasteiger partial charge in [0.15, 0.2) is 5.82 Å². The molecule has 19 heavy (non-hydrogen) atoms. The molecule has 0 aliphatic carbocycles. The molecule has 2 N–H and O–H groups in total. The van der Waals surface area contributed by atoms with E-state index in [1.807, 2.05) is 0 Å². The molecule has 1 unspecified atom stereocenters. The summed E-state index contributed by atoms with van der Waals surface area (Å²) in [7, 11) is 0. The Morgan fingerprint density at radius 1 is 1.42 bits per heavy atom. The summed E-state index contributed by atoms with van der Waals surface area (Å²) in [6.07, 6.45) is 5.77. The van der Waals surface area contributed by atoms with Crippen molar-refractivity contribution in [3.8, 4) is 0 Å². The molecule has 1 aromatic heterocycles. The van der Waals surface area contributed by atoms with Crippen molar-refractivity contribution in [3.05, 3.63) is 12.3 Å². The van der Waals surface area contributed by atoms with Crippen LogP contribution in [0.4, 0.5) is 5.82 Å². The second kappa shape index (κ2) is 5.71. The van der Waals surface area contributed by atoms with Gasteiger partial charge in [0.1, 0.15) is 6.26 Å². The van der Waals surface area contributed by atoms with E-state index in [0.29, 0.717) is 11.9 Å². The van der Waals surface area contributed by atoms with Crippen molar-refractivity contribution in [1.82, 2.24) is 15.4 Å². The number of amides is 1. The summed E-state index contributed by atoms with van der Waals surface area (Å²) in [6, 6.07) is 2.19. The van der Waals surface area contributed by atoms with Gasteiger partial charge in [-0.1, -0.05) is 5.16 Å². The van der Waals surface area contributed by atoms with Crippen LogP contribution in [0.15, 0.2) is 16.9 Å². The number of hydrogen-bond donors (Lipinski definition) is 2. The molecule has 0 spiro atoms. The summed E-state index contributed by atoms with van der Waals surface area (Å²) in [5.74, 6) is 0.548. The maximum absolute atomic E-state index is 12.3. The highest BCUT2D eigenvalue weighted by molar-refractivity contribution is 5.94. The fraction of sp³-hybridized carbons (Fsp3) is 0.692. The van der Waals surface area contributed by atoms with Gasteiger partial charge in [0.2, 0.25) is 5.91 Å². The zero-order valence-electron chi connectivity index (χ0n) is 11.0. The maximum atomic E-state index is 12.3. The molecule has 0 bridgehead atoms. The van der Waals surface area contributed by atoms with Gasteiger partial charge in [-0.25, -0.2) is 0 Å². The lowest BCUT2D eigenvalue weighted by atomic mass is 10.0. The zero-order chi connectivity index (χ0) is 13.1. The molecule has 3 heterocycles. The highest BCUT2D eigenvalue weighted by Crippen LogP contribution is 2.25. The standard InChI is InChI=1S/C13H20N4O2/c18-13(15-12-5-9-19-16-12)11-2-1-8-17(11)10-3-6-14-7-4-10/h5,9-11,14H,1-4,6-8H2,(H,15,16,18). The topological polar surface area (TPSA) is 70.4 Å². The number of aromatic nitrogens is 1. The quantitative estimate of drug-likeness (QED) is 0.846. The monoisotopic (exact) mass is 264 g/mol. The van der Waals surface area contributed by atoms with Gasteiger partial charge in [-0.15, -0.1) is 0 Å². The van der Waals surface area contributed by atoms with Crippen LogP contribution >= 0.6 is 0 Å². The van der Waals surface area contributed by atoms with Crippen LogP contribution in [0.2, 0.25) is 0 Å². The minimum absolute atomic E-state index is 0.0141. The van der Waals surface area contributed by atoms with Crippen molar-refractivity contribution < 1.29 is 9.32 Å². The molecule has 1 aromatic rings. The van der Waals surface area contributed by atoms with Crippen molar-refractivity contribution in [1.29, 1.82) is 0 Å². The molecular weight excluding hydrogens is 244 g/mol. The van der Waals surface area contributed by atoms with Crippen LogP contribution in [0.1, 0.15) is 25.7 Å². The van der Waals surface area contributed by atoms with Gasteiger partial charge in [0, 0.05) is 12.1 Å². The third kappa shape index (κ3) is 2.79. The van der Waals surface area contributed by atoms with E-state index in [4.69, 9.17) is 4.52 Å². The van der Waals surface area contributed by atoms with Gasteiger partial charge in [-0.05, 0) is 45.3 Å². The molecular formula is C13H20N4O2. The van der Waals surface area contributed by atoms with Gasteiger partial charge in [0.25, 0.3) is 0 Å². The molecule has 2 aliphatic rings. The van der Waals surface area contributed by atoms with E-state index < -0.39 is 0 Å². The first kappa shape index (κ1) is 12.6. The lowest BCUT2D eigenvalue weighted by Crippen LogP contribution is -2.49. The summed E-state index contributed by atoms with van der Waals surface area (Å²) in [5.41, 5.74) is 0. The van der Waals surface area contributed by atoms with Crippen LogP contribution in [-0.2, 0) is 4.79 Å². The van der Waals surface area contributed by atoms with E-state index in [0.717, 1.165) is 45.3 Å². The number of carbonyl (C=O) groups is 1. The van der Waals surface area contributed by atoms with E-state index in [1.54, 1.807) is 6.07 Å². The smallest absolute Gasteiger partial charge is 0.242 e. The fourth-order valence-electron chi connectivity index (χ4n) is 3.13. The lowest BCUT2D eigenvalue weighted by molar-refractivity contribution is -0.121. The number of nitrogens with one attached hydrogen (secondary N) is 2. The first-order valence-electron chi connectivity index (χ1n) is 7.02. The van der Waals surface area contributed by atoms with Gasteiger partial charge in [-0.2, -0.15) is 0 Å². The Kier molecular flexibility index (Phi) is 3.79. The van der Waals surface area contributed by atoms with E-state index in [9.17, 15) is 4.79 Å². The third-order valence-electron chi connectivity index (χ3n) is 4.06. The Morgan fingerprint density at radius 3 is 3.00 bits per heavy atom. The van der Waals surface area contributed by atoms with Crippen molar-refractivity contribution in [2.24, 2.45) is 0 Å². The minimum atomic E-state index is -0.0141. The van der Waals surface area contributed by atoms with Crippen LogP contribution in [0.25, 0.3) is 0 Å². The molecule has 0 radical (unpaired) electrons. The van der Waals surface area contributed by atoms with Gasteiger partial charge in [0.05, 0.1) is 6.04 Å². The number of nitrogens with zero attached hydrogens (tertiary/aromatic N) is 2. The van der Waals surface area contributed by atoms with Gasteiger partial charge >= 0.3 is 0 Å². The molecule has 6 heteroatoms. The Bertz CT molecular complexity index is 414. The molecule has 0 saturated carbocycles.